The summed E-state index contributed by atoms with van der Waals surface area (Å²) in [4.78, 5) is 26.3. The second kappa shape index (κ2) is 7.87. The van der Waals surface area contributed by atoms with Gasteiger partial charge in [0.05, 0.1) is 6.61 Å². The van der Waals surface area contributed by atoms with Crippen molar-refractivity contribution in [3.63, 3.8) is 0 Å². The summed E-state index contributed by atoms with van der Waals surface area (Å²) < 4.78 is 2.50. The van der Waals surface area contributed by atoms with E-state index in [0.29, 0.717) is 25.3 Å². The Bertz CT molecular complexity index is 577. The van der Waals surface area contributed by atoms with Gasteiger partial charge in [-0.3, -0.25) is 13.9 Å². The monoisotopic (exact) mass is 298 g/mol. The van der Waals surface area contributed by atoms with Crippen LogP contribution < -0.4 is 21.9 Å². The molecule has 0 aliphatic carbocycles. The molecule has 0 aliphatic rings. The van der Waals surface area contributed by atoms with Crippen molar-refractivity contribution in [3.05, 3.63) is 20.8 Å². The summed E-state index contributed by atoms with van der Waals surface area (Å²) in [5.74, 6) is 0.189. The Morgan fingerprint density at radius 1 is 1.19 bits per heavy atom. The van der Waals surface area contributed by atoms with Crippen LogP contribution in [0.3, 0.4) is 0 Å². The largest absolute Gasteiger partial charge is 0.395 e. The van der Waals surface area contributed by atoms with Crippen LogP contribution in [0, 0.1) is 0 Å². The average molecular weight is 298 g/mol. The smallest absolute Gasteiger partial charge is 0.332 e. The van der Waals surface area contributed by atoms with Crippen LogP contribution in [0.2, 0.25) is 0 Å². The second-order valence-electron chi connectivity index (χ2n) is 5.10. The molecule has 0 unspecified atom stereocenters. The minimum atomic E-state index is -0.408. The number of rotatable bonds is 8. The number of anilines is 2. The summed E-state index contributed by atoms with van der Waals surface area (Å²) in [6, 6.07) is 0. The molecule has 1 aromatic heterocycles. The Morgan fingerprint density at radius 2 is 1.86 bits per heavy atom. The van der Waals surface area contributed by atoms with E-state index >= 15 is 0 Å². The Hall–Kier alpha value is -1.76. The molecule has 0 aromatic carbocycles. The zero-order valence-corrected chi connectivity index (χ0v) is 13.1. The molecular formula is C14H26N4O3. The number of aliphatic hydroxyl groups is 1. The third kappa shape index (κ3) is 3.66. The summed E-state index contributed by atoms with van der Waals surface area (Å²) in [6.07, 6.45) is 2.60. The van der Waals surface area contributed by atoms with E-state index in [4.69, 9.17) is 5.73 Å². The van der Waals surface area contributed by atoms with Gasteiger partial charge < -0.3 is 15.7 Å². The van der Waals surface area contributed by atoms with Gasteiger partial charge in [-0.25, -0.2) is 4.79 Å². The lowest BCUT2D eigenvalue weighted by Crippen LogP contribution is -2.44. The predicted octanol–water partition coefficient (Wildman–Crippen LogP) is 0.138. The maximum Gasteiger partial charge on any atom is 0.332 e. The maximum absolute atomic E-state index is 12.4. The highest BCUT2D eigenvalue weighted by Gasteiger charge is 2.20. The van der Waals surface area contributed by atoms with E-state index in [1.165, 1.54) is 11.6 Å². The SMILES string of the molecule is CCCCN(CCO)c1c(N)n(CCC)c(=O)n(C)c1=O. The molecule has 120 valence electrons. The highest BCUT2D eigenvalue weighted by atomic mass is 16.3. The molecule has 0 aliphatic heterocycles. The van der Waals surface area contributed by atoms with Gasteiger partial charge in [-0.05, 0) is 12.8 Å². The minimum absolute atomic E-state index is 0.0702. The molecular weight excluding hydrogens is 272 g/mol. The van der Waals surface area contributed by atoms with E-state index < -0.39 is 11.2 Å². The van der Waals surface area contributed by atoms with Gasteiger partial charge in [0.1, 0.15) is 11.5 Å². The molecule has 7 heteroatoms. The van der Waals surface area contributed by atoms with E-state index in [2.05, 4.69) is 6.92 Å². The average Bonchev–Trinajstić information content (AvgIpc) is 2.47. The topological polar surface area (TPSA) is 93.5 Å². The van der Waals surface area contributed by atoms with Crippen molar-refractivity contribution in [3.8, 4) is 0 Å². The standard InChI is InChI=1S/C14H26N4O3/c1-4-6-8-17(9-10-19)11-12(15)18(7-5-2)14(21)16(3)13(11)20/h19H,4-10,15H2,1-3H3. The van der Waals surface area contributed by atoms with Crippen LogP contribution >= 0.6 is 0 Å². The van der Waals surface area contributed by atoms with Crippen LogP contribution in [0.25, 0.3) is 0 Å². The third-order valence-electron chi connectivity index (χ3n) is 3.47. The van der Waals surface area contributed by atoms with Crippen LogP contribution in [-0.2, 0) is 13.6 Å². The molecule has 21 heavy (non-hydrogen) atoms. The van der Waals surface area contributed by atoms with Crippen molar-refractivity contribution in [1.29, 1.82) is 0 Å². The molecule has 0 radical (unpaired) electrons. The van der Waals surface area contributed by atoms with E-state index in [-0.39, 0.29) is 12.4 Å². The molecule has 0 spiro atoms. The molecule has 0 fully saturated rings. The highest BCUT2D eigenvalue weighted by Crippen LogP contribution is 2.17. The Kier molecular flexibility index (Phi) is 6.48. The fraction of sp³-hybridized carbons (Fsp3) is 0.714. The van der Waals surface area contributed by atoms with Crippen LogP contribution in [0.1, 0.15) is 33.1 Å². The van der Waals surface area contributed by atoms with Gasteiger partial charge >= 0.3 is 5.69 Å². The van der Waals surface area contributed by atoms with Crippen molar-refractivity contribution in [1.82, 2.24) is 9.13 Å². The zero-order valence-electron chi connectivity index (χ0n) is 13.1. The van der Waals surface area contributed by atoms with Crippen molar-refractivity contribution < 1.29 is 5.11 Å². The van der Waals surface area contributed by atoms with Gasteiger partial charge in [0.2, 0.25) is 0 Å². The van der Waals surface area contributed by atoms with Crippen LogP contribution in [0.5, 0.6) is 0 Å². The Labute approximate surface area is 124 Å². The first-order valence-corrected chi connectivity index (χ1v) is 7.44. The second-order valence-corrected chi connectivity index (χ2v) is 5.10. The van der Waals surface area contributed by atoms with Crippen LogP contribution in [0.4, 0.5) is 11.5 Å². The number of unbranched alkanes of at least 4 members (excludes halogenated alkanes) is 1. The molecule has 0 atom stereocenters. The van der Waals surface area contributed by atoms with E-state index in [9.17, 15) is 14.7 Å². The molecule has 1 rings (SSSR count). The Balaban J connectivity index is 3.44. The molecule has 0 saturated heterocycles. The van der Waals surface area contributed by atoms with Gasteiger partial charge in [0.25, 0.3) is 5.56 Å². The van der Waals surface area contributed by atoms with Crippen LogP contribution in [-0.4, -0.2) is 33.9 Å². The van der Waals surface area contributed by atoms with E-state index in [0.717, 1.165) is 23.8 Å². The first-order chi connectivity index (χ1) is 9.99. The lowest BCUT2D eigenvalue weighted by Gasteiger charge is -2.26. The quantitative estimate of drug-likeness (QED) is 0.712. The summed E-state index contributed by atoms with van der Waals surface area (Å²) >= 11 is 0. The lowest BCUT2D eigenvalue weighted by atomic mass is 10.2. The van der Waals surface area contributed by atoms with Gasteiger partial charge in [0, 0.05) is 26.7 Å². The molecule has 1 aromatic rings. The first-order valence-electron chi connectivity index (χ1n) is 7.44. The summed E-state index contributed by atoms with van der Waals surface area (Å²) in [5, 5.41) is 9.22. The summed E-state index contributed by atoms with van der Waals surface area (Å²) in [6.45, 7) is 5.34. The molecule has 1 heterocycles. The van der Waals surface area contributed by atoms with Gasteiger partial charge in [-0.2, -0.15) is 0 Å². The number of aromatic nitrogens is 2. The van der Waals surface area contributed by atoms with Crippen molar-refractivity contribution >= 4 is 11.5 Å². The maximum atomic E-state index is 12.4. The molecule has 0 bridgehead atoms. The number of hydrogen-bond donors (Lipinski definition) is 2. The van der Waals surface area contributed by atoms with Gasteiger partial charge in [-0.1, -0.05) is 20.3 Å². The molecule has 3 N–H and O–H groups in total. The first kappa shape index (κ1) is 17.3. The number of nitrogens with two attached hydrogens (primary N) is 1. The number of hydrogen-bond acceptors (Lipinski definition) is 5. The fourth-order valence-corrected chi connectivity index (χ4v) is 2.31. The van der Waals surface area contributed by atoms with E-state index in [1.807, 2.05) is 6.92 Å². The normalized spacial score (nSPS) is 10.9. The van der Waals surface area contributed by atoms with Crippen molar-refractivity contribution in [2.24, 2.45) is 7.05 Å². The molecule has 7 nitrogen and oxygen atoms in total. The summed E-state index contributed by atoms with van der Waals surface area (Å²) in [5.41, 5.74) is 5.57. The van der Waals surface area contributed by atoms with Gasteiger partial charge in [0.15, 0.2) is 0 Å². The number of nitrogens with zero attached hydrogens (tertiary/aromatic N) is 3. The minimum Gasteiger partial charge on any atom is -0.395 e. The Morgan fingerprint density at radius 3 is 2.38 bits per heavy atom. The number of nitrogen functional groups attached to an aromatic ring is 1. The van der Waals surface area contributed by atoms with Crippen LogP contribution in [0.15, 0.2) is 9.59 Å². The fourth-order valence-electron chi connectivity index (χ4n) is 2.31. The third-order valence-corrected chi connectivity index (χ3v) is 3.47. The van der Waals surface area contributed by atoms with Gasteiger partial charge in [-0.15, -0.1) is 0 Å². The summed E-state index contributed by atoms with van der Waals surface area (Å²) in [7, 11) is 1.46. The van der Waals surface area contributed by atoms with Crippen molar-refractivity contribution in [2.45, 2.75) is 39.7 Å². The molecule has 0 amide bonds. The lowest BCUT2D eigenvalue weighted by molar-refractivity contribution is 0.301. The highest BCUT2D eigenvalue weighted by molar-refractivity contribution is 5.62. The van der Waals surface area contributed by atoms with Crippen molar-refractivity contribution in [2.75, 3.05) is 30.3 Å². The molecule has 0 saturated carbocycles. The predicted molar refractivity (Wildman–Crippen MR) is 84.9 cm³/mol. The van der Waals surface area contributed by atoms with E-state index in [1.54, 1.807) is 4.90 Å². The zero-order chi connectivity index (χ0) is 16.0. The number of aliphatic hydroxyl groups excluding tert-OH is 1.